The number of nitrogens with one attached hydrogen (secondary N) is 1. The van der Waals surface area contributed by atoms with Crippen LogP contribution in [0.1, 0.15) is 33.1 Å². The first-order chi connectivity index (χ1) is 4.34. The van der Waals surface area contributed by atoms with Crippen LogP contribution < -0.4 is 5.32 Å². The molecular weight excluding hydrogens is 110 g/mol. The molecule has 0 radical (unpaired) electrons. The molecule has 1 fully saturated rings. The first kappa shape index (κ1) is 7.07. The summed E-state index contributed by atoms with van der Waals surface area (Å²) < 4.78 is 0. The molecule has 1 aliphatic carbocycles. The van der Waals surface area contributed by atoms with Crippen molar-refractivity contribution in [3.05, 3.63) is 0 Å². The largest absolute Gasteiger partial charge is 0.314 e. The van der Waals surface area contributed by atoms with E-state index in [1.807, 2.05) is 0 Å². The van der Waals surface area contributed by atoms with Gasteiger partial charge in [0.05, 0.1) is 0 Å². The summed E-state index contributed by atoms with van der Waals surface area (Å²) >= 11 is 0. The highest BCUT2D eigenvalue weighted by Crippen LogP contribution is 2.24. The molecule has 54 valence electrons. The fourth-order valence-electron chi connectivity index (χ4n) is 1.71. The third-order valence-electron chi connectivity index (χ3n) is 2.33. The van der Waals surface area contributed by atoms with E-state index in [4.69, 9.17) is 0 Å². The van der Waals surface area contributed by atoms with Gasteiger partial charge in [0, 0.05) is 6.04 Å². The van der Waals surface area contributed by atoms with Gasteiger partial charge in [-0.25, -0.2) is 0 Å². The minimum absolute atomic E-state index is 0.829. The molecule has 0 spiro atoms. The van der Waals surface area contributed by atoms with Gasteiger partial charge >= 0.3 is 0 Å². The van der Waals surface area contributed by atoms with Crippen molar-refractivity contribution < 1.29 is 0 Å². The Morgan fingerprint density at radius 1 is 1.44 bits per heavy atom. The molecule has 1 heteroatoms. The van der Waals surface area contributed by atoms with Gasteiger partial charge in [-0.1, -0.05) is 20.3 Å². The Bertz CT molecular complexity index is 80.6. The van der Waals surface area contributed by atoms with E-state index in [-0.39, 0.29) is 0 Å². The highest BCUT2D eigenvalue weighted by Gasteiger charge is 2.21. The Morgan fingerprint density at radius 3 is 2.67 bits per heavy atom. The van der Waals surface area contributed by atoms with Crippen molar-refractivity contribution in [2.75, 3.05) is 6.54 Å². The van der Waals surface area contributed by atoms with E-state index in [1.54, 1.807) is 0 Å². The van der Waals surface area contributed by atoms with Crippen molar-refractivity contribution in [3.8, 4) is 0 Å². The molecule has 1 saturated carbocycles. The van der Waals surface area contributed by atoms with Gasteiger partial charge in [0.1, 0.15) is 0 Å². The van der Waals surface area contributed by atoms with Crippen LogP contribution in [0.3, 0.4) is 0 Å². The Morgan fingerprint density at radius 2 is 2.22 bits per heavy atom. The molecule has 0 saturated heterocycles. The molecule has 2 atom stereocenters. The molecule has 1 N–H and O–H groups in total. The van der Waals surface area contributed by atoms with Crippen LogP contribution in [0.15, 0.2) is 0 Å². The lowest BCUT2D eigenvalue weighted by Crippen LogP contribution is -2.30. The van der Waals surface area contributed by atoms with Gasteiger partial charge in [0.25, 0.3) is 0 Å². The summed E-state index contributed by atoms with van der Waals surface area (Å²) in [5.74, 6) is 0.921. The molecule has 1 aliphatic rings. The van der Waals surface area contributed by atoms with Crippen LogP contribution in [0, 0.1) is 5.92 Å². The maximum atomic E-state index is 3.49. The van der Waals surface area contributed by atoms with Gasteiger partial charge in [-0.3, -0.25) is 0 Å². The molecular formula is C8H17N. The summed E-state index contributed by atoms with van der Waals surface area (Å²) in [5.41, 5.74) is 0. The van der Waals surface area contributed by atoms with Gasteiger partial charge in [-0.2, -0.15) is 0 Å². The van der Waals surface area contributed by atoms with E-state index in [1.165, 1.54) is 19.3 Å². The van der Waals surface area contributed by atoms with Crippen LogP contribution in [0.25, 0.3) is 0 Å². The molecule has 0 unspecified atom stereocenters. The second-order valence-corrected chi connectivity index (χ2v) is 3.07. The third kappa shape index (κ3) is 1.68. The molecule has 1 nitrogen and oxygen atoms in total. The van der Waals surface area contributed by atoms with Crippen molar-refractivity contribution >= 4 is 0 Å². The summed E-state index contributed by atoms with van der Waals surface area (Å²) in [5, 5.41) is 3.49. The Balaban J connectivity index is 2.22. The minimum atomic E-state index is 0.829. The molecule has 0 bridgehead atoms. The topological polar surface area (TPSA) is 12.0 Å². The van der Waals surface area contributed by atoms with Crippen LogP contribution in [0.2, 0.25) is 0 Å². The third-order valence-corrected chi connectivity index (χ3v) is 2.33. The van der Waals surface area contributed by atoms with Crippen LogP contribution >= 0.6 is 0 Å². The predicted molar refractivity (Wildman–Crippen MR) is 40.5 cm³/mol. The average Bonchev–Trinajstić information content (AvgIpc) is 2.18. The van der Waals surface area contributed by atoms with Crippen LogP contribution in [-0.2, 0) is 0 Å². The maximum absolute atomic E-state index is 3.49. The van der Waals surface area contributed by atoms with Crippen LogP contribution in [0.5, 0.6) is 0 Å². The normalized spacial score (nSPS) is 35.3. The van der Waals surface area contributed by atoms with Gasteiger partial charge in [0.15, 0.2) is 0 Å². The number of hydrogen-bond donors (Lipinski definition) is 1. The molecule has 9 heavy (non-hydrogen) atoms. The predicted octanol–water partition coefficient (Wildman–Crippen LogP) is 1.78. The molecule has 0 aromatic rings. The summed E-state index contributed by atoms with van der Waals surface area (Å²) in [6, 6.07) is 0.829. The fourth-order valence-corrected chi connectivity index (χ4v) is 1.71. The second-order valence-electron chi connectivity index (χ2n) is 3.07. The van der Waals surface area contributed by atoms with E-state index >= 15 is 0 Å². The Labute approximate surface area is 57.8 Å². The van der Waals surface area contributed by atoms with Crippen molar-refractivity contribution in [3.63, 3.8) is 0 Å². The lowest BCUT2D eigenvalue weighted by atomic mass is 10.1. The van der Waals surface area contributed by atoms with Crippen molar-refractivity contribution in [2.24, 2.45) is 5.92 Å². The summed E-state index contributed by atoms with van der Waals surface area (Å²) in [7, 11) is 0. The van der Waals surface area contributed by atoms with Gasteiger partial charge in [0.2, 0.25) is 0 Å². The highest BCUT2D eigenvalue weighted by molar-refractivity contribution is 4.79. The first-order valence-corrected chi connectivity index (χ1v) is 4.08. The molecule has 0 aromatic carbocycles. The molecule has 1 rings (SSSR count). The average molecular weight is 127 g/mol. The van der Waals surface area contributed by atoms with Crippen molar-refractivity contribution in [2.45, 2.75) is 39.2 Å². The molecule has 0 aromatic heterocycles. The van der Waals surface area contributed by atoms with E-state index in [0.717, 1.165) is 18.5 Å². The maximum Gasteiger partial charge on any atom is 0.00925 e. The molecule has 0 heterocycles. The quantitative estimate of drug-likeness (QED) is 0.596. The SMILES string of the molecule is CCN[C@@H]1CCC[C@@H]1C. The smallest absolute Gasteiger partial charge is 0.00925 e. The van der Waals surface area contributed by atoms with E-state index in [0.29, 0.717) is 0 Å². The fraction of sp³-hybridized carbons (Fsp3) is 1.00. The zero-order chi connectivity index (χ0) is 6.69. The summed E-state index contributed by atoms with van der Waals surface area (Å²) in [6.45, 7) is 5.67. The molecule has 0 amide bonds. The summed E-state index contributed by atoms with van der Waals surface area (Å²) in [4.78, 5) is 0. The molecule has 0 aliphatic heterocycles. The zero-order valence-corrected chi connectivity index (χ0v) is 6.48. The lowest BCUT2D eigenvalue weighted by molar-refractivity contribution is 0.437. The van der Waals surface area contributed by atoms with E-state index < -0.39 is 0 Å². The number of hydrogen-bond acceptors (Lipinski definition) is 1. The Hall–Kier alpha value is -0.0400. The van der Waals surface area contributed by atoms with Crippen molar-refractivity contribution in [1.82, 2.24) is 5.32 Å². The van der Waals surface area contributed by atoms with Crippen molar-refractivity contribution in [1.29, 1.82) is 0 Å². The van der Waals surface area contributed by atoms with Gasteiger partial charge < -0.3 is 5.32 Å². The first-order valence-electron chi connectivity index (χ1n) is 4.08. The van der Waals surface area contributed by atoms with E-state index in [2.05, 4.69) is 19.2 Å². The number of rotatable bonds is 2. The van der Waals surface area contributed by atoms with Crippen LogP contribution in [0.4, 0.5) is 0 Å². The van der Waals surface area contributed by atoms with Crippen LogP contribution in [-0.4, -0.2) is 12.6 Å². The lowest BCUT2D eigenvalue weighted by Gasteiger charge is -2.14. The Kier molecular flexibility index (Phi) is 2.52. The monoisotopic (exact) mass is 127 g/mol. The van der Waals surface area contributed by atoms with E-state index in [9.17, 15) is 0 Å². The summed E-state index contributed by atoms with van der Waals surface area (Å²) in [6.07, 6.45) is 4.26. The highest BCUT2D eigenvalue weighted by atomic mass is 14.9. The standard InChI is InChI=1S/C8H17N/c1-3-9-8-6-4-5-7(8)2/h7-9H,3-6H2,1-2H3/t7-,8+/m0/s1. The zero-order valence-electron chi connectivity index (χ0n) is 6.48. The second kappa shape index (κ2) is 3.21. The van der Waals surface area contributed by atoms with Gasteiger partial charge in [-0.15, -0.1) is 0 Å². The minimum Gasteiger partial charge on any atom is -0.314 e. The van der Waals surface area contributed by atoms with Gasteiger partial charge in [-0.05, 0) is 25.3 Å².